The summed E-state index contributed by atoms with van der Waals surface area (Å²) in [4.78, 5) is 11.7. The van der Waals surface area contributed by atoms with E-state index in [9.17, 15) is 4.79 Å². The van der Waals surface area contributed by atoms with E-state index in [-0.39, 0.29) is 10.8 Å². The molecule has 0 spiro atoms. The van der Waals surface area contributed by atoms with Crippen LogP contribution in [0.25, 0.3) is 0 Å². The Kier molecular flexibility index (Phi) is 4.56. The molecule has 0 bridgehead atoms. The highest BCUT2D eigenvalue weighted by atomic mass is 28.4. The van der Waals surface area contributed by atoms with Crippen LogP contribution in [0.2, 0.25) is 18.1 Å². The van der Waals surface area contributed by atoms with Crippen molar-refractivity contribution in [2.75, 3.05) is 0 Å². The molecule has 102 valence electrons. The molecule has 0 fully saturated rings. The Balaban J connectivity index is 2.76. The number of Topliss-reactive ketones (excluding diaryl/α,β-unsaturated/α-hetero) is 1. The maximum absolute atomic E-state index is 11.7. The molecule has 0 atom stereocenters. The number of rotatable bonds is 5. The first-order valence-electron chi connectivity index (χ1n) is 6.41. The Labute approximate surface area is 111 Å². The molecule has 1 aromatic heterocycles. The van der Waals surface area contributed by atoms with E-state index in [0.717, 1.165) is 5.56 Å². The molecule has 4 heteroatoms. The van der Waals surface area contributed by atoms with Crippen molar-refractivity contribution in [1.82, 2.24) is 0 Å². The van der Waals surface area contributed by atoms with Gasteiger partial charge in [0.25, 0.3) is 0 Å². The standard InChI is InChI=1S/C14H24O3Si/c1-7-13(15)12-10-16-8-11(12)9-17-18(5,6)14(2,3)4/h8,10H,7,9H2,1-6H3. The molecule has 0 aromatic carbocycles. The van der Waals surface area contributed by atoms with E-state index in [4.69, 9.17) is 8.84 Å². The SMILES string of the molecule is CCC(=O)c1cocc1CO[Si](C)(C)C(C)(C)C. The molecule has 0 N–H and O–H groups in total. The molecule has 1 heterocycles. The number of carbonyl (C=O) groups excluding carboxylic acids is 1. The van der Waals surface area contributed by atoms with Gasteiger partial charge in [0, 0.05) is 12.0 Å². The van der Waals surface area contributed by atoms with Crippen LogP contribution in [0, 0.1) is 0 Å². The van der Waals surface area contributed by atoms with Crippen LogP contribution in [0.3, 0.4) is 0 Å². The molecule has 0 aliphatic rings. The van der Waals surface area contributed by atoms with Crippen molar-refractivity contribution in [2.24, 2.45) is 0 Å². The van der Waals surface area contributed by atoms with Gasteiger partial charge in [-0.1, -0.05) is 27.7 Å². The van der Waals surface area contributed by atoms with Gasteiger partial charge < -0.3 is 8.84 Å². The number of furan rings is 1. The molecule has 0 aliphatic carbocycles. The molecule has 0 unspecified atom stereocenters. The van der Waals surface area contributed by atoms with E-state index >= 15 is 0 Å². The molecule has 3 nitrogen and oxygen atoms in total. The number of carbonyl (C=O) groups is 1. The quantitative estimate of drug-likeness (QED) is 0.587. The van der Waals surface area contributed by atoms with Gasteiger partial charge in [-0.15, -0.1) is 0 Å². The van der Waals surface area contributed by atoms with E-state index in [1.807, 2.05) is 6.92 Å². The van der Waals surface area contributed by atoms with Gasteiger partial charge in [-0.25, -0.2) is 0 Å². The highest BCUT2D eigenvalue weighted by Gasteiger charge is 2.37. The predicted molar refractivity (Wildman–Crippen MR) is 75.3 cm³/mol. The van der Waals surface area contributed by atoms with Crippen molar-refractivity contribution in [2.45, 2.75) is 58.9 Å². The molecule has 0 saturated carbocycles. The first-order valence-corrected chi connectivity index (χ1v) is 9.32. The highest BCUT2D eigenvalue weighted by molar-refractivity contribution is 6.74. The summed E-state index contributed by atoms with van der Waals surface area (Å²) in [5, 5.41) is 0.172. The average molecular weight is 268 g/mol. The Morgan fingerprint density at radius 3 is 2.44 bits per heavy atom. The summed E-state index contributed by atoms with van der Waals surface area (Å²) in [6.45, 7) is 13.3. The molecule has 0 aliphatic heterocycles. The number of ketones is 1. The van der Waals surface area contributed by atoms with Crippen LogP contribution in [0.5, 0.6) is 0 Å². The summed E-state index contributed by atoms with van der Waals surface area (Å²) in [5.74, 6) is 0.109. The average Bonchev–Trinajstić information content (AvgIpc) is 2.72. The van der Waals surface area contributed by atoms with Crippen molar-refractivity contribution in [1.29, 1.82) is 0 Å². The van der Waals surface area contributed by atoms with Crippen molar-refractivity contribution in [3.63, 3.8) is 0 Å². The van der Waals surface area contributed by atoms with Crippen LogP contribution >= 0.6 is 0 Å². The van der Waals surface area contributed by atoms with Gasteiger partial charge in [-0.3, -0.25) is 4.79 Å². The minimum atomic E-state index is -1.78. The molecular formula is C14H24O3Si. The summed E-state index contributed by atoms with van der Waals surface area (Å²) >= 11 is 0. The number of hydrogen-bond acceptors (Lipinski definition) is 3. The second kappa shape index (κ2) is 5.41. The van der Waals surface area contributed by atoms with Crippen LogP contribution < -0.4 is 0 Å². The maximum atomic E-state index is 11.7. The molecule has 0 radical (unpaired) electrons. The van der Waals surface area contributed by atoms with Crippen LogP contribution in [0.1, 0.15) is 50.0 Å². The Morgan fingerprint density at radius 2 is 1.94 bits per heavy atom. The van der Waals surface area contributed by atoms with Gasteiger partial charge in [-0.2, -0.15) is 0 Å². The van der Waals surface area contributed by atoms with Crippen molar-refractivity contribution in [3.8, 4) is 0 Å². The zero-order valence-electron chi connectivity index (χ0n) is 12.3. The van der Waals surface area contributed by atoms with Crippen molar-refractivity contribution < 1.29 is 13.6 Å². The third kappa shape index (κ3) is 3.33. The first-order chi connectivity index (χ1) is 8.19. The Morgan fingerprint density at radius 1 is 1.33 bits per heavy atom. The van der Waals surface area contributed by atoms with Gasteiger partial charge in [-0.05, 0) is 18.1 Å². The summed E-state index contributed by atoms with van der Waals surface area (Å²) in [6, 6.07) is 0. The summed E-state index contributed by atoms with van der Waals surface area (Å²) < 4.78 is 11.2. The zero-order valence-corrected chi connectivity index (χ0v) is 13.3. The fourth-order valence-corrected chi connectivity index (χ4v) is 2.29. The third-order valence-corrected chi connectivity index (χ3v) is 8.24. The lowest BCUT2D eigenvalue weighted by molar-refractivity contribution is 0.0985. The first kappa shape index (κ1) is 15.2. The lowest BCUT2D eigenvalue weighted by atomic mass is 10.1. The predicted octanol–water partition coefficient (Wildman–Crippen LogP) is 4.39. The molecule has 0 saturated heterocycles. The lowest BCUT2D eigenvalue weighted by Crippen LogP contribution is -2.40. The highest BCUT2D eigenvalue weighted by Crippen LogP contribution is 2.37. The largest absolute Gasteiger partial charge is 0.471 e. The molecular weight excluding hydrogens is 244 g/mol. The van der Waals surface area contributed by atoms with Crippen LogP contribution in [0.4, 0.5) is 0 Å². The second-order valence-corrected chi connectivity index (χ2v) is 10.9. The molecule has 1 rings (SSSR count). The summed E-state index contributed by atoms with van der Waals surface area (Å²) in [5.41, 5.74) is 1.53. The van der Waals surface area contributed by atoms with Crippen LogP contribution in [0.15, 0.2) is 16.9 Å². The minimum absolute atomic E-state index is 0.109. The monoisotopic (exact) mass is 268 g/mol. The van der Waals surface area contributed by atoms with Gasteiger partial charge in [0.1, 0.15) is 6.26 Å². The third-order valence-electron chi connectivity index (χ3n) is 3.76. The van der Waals surface area contributed by atoms with Gasteiger partial charge in [0.05, 0.1) is 18.4 Å². The van der Waals surface area contributed by atoms with E-state index in [1.165, 1.54) is 6.26 Å². The van der Waals surface area contributed by atoms with Gasteiger partial charge in [0.2, 0.25) is 0 Å². The van der Waals surface area contributed by atoms with Crippen molar-refractivity contribution >= 4 is 14.1 Å². The van der Waals surface area contributed by atoms with Crippen LogP contribution in [-0.2, 0) is 11.0 Å². The molecule has 0 amide bonds. The summed E-state index contributed by atoms with van der Waals surface area (Å²) in [6.07, 6.45) is 3.64. The fraction of sp³-hybridized carbons (Fsp3) is 0.643. The van der Waals surface area contributed by atoms with E-state index in [2.05, 4.69) is 33.9 Å². The fourth-order valence-electron chi connectivity index (χ4n) is 1.35. The van der Waals surface area contributed by atoms with E-state index < -0.39 is 8.32 Å². The topological polar surface area (TPSA) is 39.4 Å². The lowest BCUT2D eigenvalue weighted by Gasteiger charge is -2.36. The normalized spacial score (nSPS) is 12.8. The Bertz CT molecular complexity index is 413. The minimum Gasteiger partial charge on any atom is -0.471 e. The smallest absolute Gasteiger partial charge is 0.192 e. The number of hydrogen-bond donors (Lipinski definition) is 0. The zero-order chi connectivity index (χ0) is 14.0. The second-order valence-electron chi connectivity index (χ2n) is 6.14. The van der Waals surface area contributed by atoms with Gasteiger partial charge in [0.15, 0.2) is 14.1 Å². The molecule has 18 heavy (non-hydrogen) atoms. The van der Waals surface area contributed by atoms with Crippen molar-refractivity contribution in [3.05, 3.63) is 23.7 Å². The van der Waals surface area contributed by atoms with Gasteiger partial charge >= 0.3 is 0 Å². The Hall–Kier alpha value is -0.873. The van der Waals surface area contributed by atoms with E-state index in [1.54, 1.807) is 6.26 Å². The van der Waals surface area contributed by atoms with E-state index in [0.29, 0.717) is 18.6 Å². The molecule has 1 aromatic rings. The maximum Gasteiger partial charge on any atom is 0.192 e. The summed E-state index contributed by atoms with van der Waals surface area (Å²) in [7, 11) is -1.78. The van der Waals surface area contributed by atoms with Crippen LogP contribution in [-0.4, -0.2) is 14.1 Å².